The first-order valence-electron chi connectivity index (χ1n) is 11.2. The zero-order valence-electron chi connectivity index (χ0n) is 19.4. The van der Waals surface area contributed by atoms with Crippen LogP contribution in [0.5, 0.6) is 0 Å². The molecule has 0 saturated carbocycles. The molecule has 0 aromatic carbocycles. The van der Waals surface area contributed by atoms with Crippen molar-refractivity contribution in [3.8, 4) is 6.07 Å². The van der Waals surface area contributed by atoms with Crippen LogP contribution in [-0.2, 0) is 17.6 Å². The van der Waals surface area contributed by atoms with Gasteiger partial charge in [-0.25, -0.2) is 9.78 Å². The zero-order chi connectivity index (χ0) is 24.6. The Morgan fingerprint density at radius 1 is 1.15 bits per heavy atom. The van der Waals surface area contributed by atoms with Gasteiger partial charge in [-0.1, -0.05) is 26.7 Å². The number of anilines is 3. The number of nitrogens with two attached hydrogens (primary N) is 2. The molecule has 1 aliphatic carbocycles. The molecule has 4 rings (SSSR count). The third-order valence-electron chi connectivity index (χ3n) is 6.13. The summed E-state index contributed by atoms with van der Waals surface area (Å²) in [5.74, 6) is -0.796. The summed E-state index contributed by atoms with van der Waals surface area (Å²) in [6.07, 6.45) is 5.99. The minimum absolute atomic E-state index is 0.0434. The van der Waals surface area contributed by atoms with E-state index in [1.165, 1.54) is 18.4 Å². The van der Waals surface area contributed by atoms with E-state index in [-0.39, 0.29) is 27.9 Å². The summed E-state index contributed by atoms with van der Waals surface area (Å²) in [5.41, 5.74) is 15.1. The fourth-order valence-electron chi connectivity index (χ4n) is 4.55. The lowest BCUT2D eigenvalue weighted by molar-refractivity contribution is 0.0601. The van der Waals surface area contributed by atoms with E-state index < -0.39 is 11.9 Å². The Labute approximate surface area is 205 Å². The summed E-state index contributed by atoms with van der Waals surface area (Å²) in [6.45, 7) is 3.88. The van der Waals surface area contributed by atoms with Crippen molar-refractivity contribution in [2.75, 3.05) is 23.9 Å². The highest BCUT2D eigenvalue weighted by molar-refractivity contribution is 7.21. The van der Waals surface area contributed by atoms with Crippen LogP contribution in [0.2, 0.25) is 0 Å². The summed E-state index contributed by atoms with van der Waals surface area (Å²) in [4.78, 5) is 32.3. The maximum absolute atomic E-state index is 13.4. The topological polar surface area (TPSA) is 144 Å². The van der Waals surface area contributed by atoms with Crippen LogP contribution >= 0.6 is 22.7 Å². The lowest BCUT2D eigenvalue weighted by atomic mass is 9.95. The summed E-state index contributed by atoms with van der Waals surface area (Å²) in [6, 6.07) is 2.12. The van der Waals surface area contributed by atoms with E-state index >= 15 is 0 Å². The van der Waals surface area contributed by atoms with E-state index in [1.807, 2.05) is 13.8 Å². The van der Waals surface area contributed by atoms with E-state index in [0.29, 0.717) is 26.3 Å². The van der Waals surface area contributed by atoms with Gasteiger partial charge in [-0.2, -0.15) is 5.26 Å². The van der Waals surface area contributed by atoms with E-state index in [2.05, 4.69) is 16.4 Å². The predicted molar refractivity (Wildman–Crippen MR) is 137 cm³/mol. The predicted octanol–water partition coefficient (Wildman–Crippen LogP) is 5.22. The summed E-state index contributed by atoms with van der Waals surface area (Å²) >= 11 is 2.56. The van der Waals surface area contributed by atoms with Gasteiger partial charge in [0.1, 0.15) is 26.6 Å². The molecule has 0 saturated heterocycles. The highest BCUT2D eigenvalue weighted by Crippen LogP contribution is 2.42. The third-order valence-corrected chi connectivity index (χ3v) is 8.43. The number of ether oxygens (including phenoxy) is 1. The van der Waals surface area contributed by atoms with E-state index in [0.717, 1.165) is 60.3 Å². The molecular formula is C24H27N5O3S2. The Balaban J connectivity index is 1.79. The zero-order valence-corrected chi connectivity index (χ0v) is 21.0. The van der Waals surface area contributed by atoms with Crippen molar-refractivity contribution in [1.29, 1.82) is 5.26 Å². The number of hydrogen-bond donors (Lipinski definition) is 3. The number of thiophene rings is 2. The number of aryl methyl sites for hydroxylation is 1. The molecule has 34 heavy (non-hydrogen) atoms. The number of amides is 1. The van der Waals surface area contributed by atoms with Crippen molar-refractivity contribution in [3.05, 3.63) is 32.0 Å². The number of hydrogen-bond acceptors (Lipinski definition) is 9. The first kappa shape index (κ1) is 24.0. The normalized spacial score (nSPS) is 13.7. The molecule has 0 atom stereocenters. The number of esters is 1. The lowest BCUT2D eigenvalue weighted by Crippen LogP contribution is -2.15. The molecule has 0 spiro atoms. The van der Waals surface area contributed by atoms with Gasteiger partial charge in [0.05, 0.1) is 23.9 Å². The number of carbonyl (C=O) groups is 2. The van der Waals surface area contributed by atoms with Crippen molar-refractivity contribution in [2.24, 2.45) is 0 Å². The minimum atomic E-state index is -0.451. The minimum Gasteiger partial charge on any atom is -0.465 e. The second-order valence-electron chi connectivity index (χ2n) is 8.65. The molecule has 5 N–H and O–H groups in total. The van der Waals surface area contributed by atoms with Gasteiger partial charge in [0.2, 0.25) is 0 Å². The largest absolute Gasteiger partial charge is 0.465 e. The number of nitrogen functional groups attached to an aromatic ring is 2. The van der Waals surface area contributed by atoms with Crippen LogP contribution in [0.3, 0.4) is 0 Å². The van der Waals surface area contributed by atoms with Gasteiger partial charge in [0.25, 0.3) is 5.91 Å². The molecule has 0 fully saturated rings. The lowest BCUT2D eigenvalue weighted by Gasteiger charge is -2.12. The average Bonchev–Trinajstić information content (AvgIpc) is 3.28. The van der Waals surface area contributed by atoms with Crippen LogP contribution in [0, 0.1) is 11.3 Å². The Kier molecular flexibility index (Phi) is 6.77. The number of nitrogens with zero attached hydrogens (tertiary/aromatic N) is 2. The molecule has 0 aliphatic heterocycles. The number of aromatic nitrogens is 1. The van der Waals surface area contributed by atoms with E-state index in [9.17, 15) is 14.9 Å². The van der Waals surface area contributed by atoms with Crippen LogP contribution in [0.15, 0.2) is 0 Å². The van der Waals surface area contributed by atoms with E-state index in [1.54, 1.807) is 0 Å². The molecule has 0 unspecified atom stereocenters. The first-order chi connectivity index (χ1) is 16.3. The molecule has 0 bridgehead atoms. The number of rotatable bonds is 4. The third kappa shape index (κ3) is 4.10. The van der Waals surface area contributed by atoms with Crippen molar-refractivity contribution in [2.45, 2.75) is 58.3 Å². The van der Waals surface area contributed by atoms with Gasteiger partial charge in [0.15, 0.2) is 0 Å². The van der Waals surface area contributed by atoms with Gasteiger partial charge >= 0.3 is 5.97 Å². The summed E-state index contributed by atoms with van der Waals surface area (Å²) in [7, 11) is 1.35. The van der Waals surface area contributed by atoms with Crippen LogP contribution in [0.1, 0.15) is 87.0 Å². The number of methoxy groups -OCH3 is 1. The summed E-state index contributed by atoms with van der Waals surface area (Å²) < 4.78 is 5.05. The average molecular weight is 498 g/mol. The monoisotopic (exact) mass is 497 g/mol. The van der Waals surface area contributed by atoms with Crippen molar-refractivity contribution in [1.82, 2.24) is 4.98 Å². The molecule has 1 aliphatic rings. The molecule has 8 nitrogen and oxygen atoms in total. The second kappa shape index (κ2) is 9.60. The molecule has 10 heteroatoms. The number of carbonyl (C=O) groups excluding carboxylic acids is 2. The van der Waals surface area contributed by atoms with Crippen LogP contribution in [-0.4, -0.2) is 24.0 Å². The number of fused-ring (bicyclic) bond motifs is 2. The SMILES string of the molecule is COC(=O)c1c(NC(=O)c2sc3nc(N)c(C#N)c(C(C)C)c3c2N)sc2c1CCCCCC2. The Bertz CT molecular complexity index is 1330. The number of nitrogens with one attached hydrogen (secondary N) is 1. The van der Waals surface area contributed by atoms with Crippen LogP contribution < -0.4 is 16.8 Å². The molecule has 3 aromatic rings. The van der Waals surface area contributed by atoms with E-state index in [4.69, 9.17) is 16.2 Å². The maximum atomic E-state index is 13.4. The fraction of sp³-hybridized carbons (Fsp3) is 0.417. The molecule has 0 radical (unpaired) electrons. The first-order valence-corrected chi connectivity index (χ1v) is 12.9. The van der Waals surface area contributed by atoms with Gasteiger partial charge in [-0.15, -0.1) is 22.7 Å². The summed E-state index contributed by atoms with van der Waals surface area (Å²) in [5, 5.41) is 13.6. The van der Waals surface area contributed by atoms with Gasteiger partial charge in [0, 0.05) is 10.3 Å². The highest BCUT2D eigenvalue weighted by Gasteiger charge is 2.29. The smallest absolute Gasteiger partial charge is 0.341 e. The molecule has 178 valence electrons. The molecule has 3 heterocycles. The standard InChI is InChI=1S/C24H27N5O3S2/c1-11(2)15-13(10-25)20(27)28-23-17(15)18(26)19(34-23)21(30)29-22-16(24(31)32-3)12-8-6-4-5-7-9-14(12)33-22/h11H,4-9,26H2,1-3H3,(H2,27,28)(H,29,30). The Morgan fingerprint density at radius 3 is 2.50 bits per heavy atom. The number of pyridine rings is 1. The highest BCUT2D eigenvalue weighted by atomic mass is 32.1. The fourth-order valence-corrected chi connectivity index (χ4v) is 6.84. The van der Waals surface area contributed by atoms with Crippen LogP contribution in [0.25, 0.3) is 10.2 Å². The number of nitriles is 1. The molecule has 1 amide bonds. The maximum Gasteiger partial charge on any atom is 0.341 e. The van der Waals surface area contributed by atoms with Gasteiger partial charge in [-0.05, 0) is 42.7 Å². The van der Waals surface area contributed by atoms with Crippen molar-refractivity contribution >= 4 is 61.3 Å². The quantitative estimate of drug-likeness (QED) is 0.419. The molecule has 3 aromatic heterocycles. The van der Waals surface area contributed by atoms with Crippen LogP contribution in [0.4, 0.5) is 16.5 Å². The molecular weight excluding hydrogens is 470 g/mol. The van der Waals surface area contributed by atoms with Crippen molar-refractivity contribution in [3.63, 3.8) is 0 Å². The second-order valence-corrected chi connectivity index (χ2v) is 10.7. The Morgan fingerprint density at radius 2 is 1.85 bits per heavy atom. The van der Waals surface area contributed by atoms with Gasteiger partial charge in [-0.3, -0.25) is 4.79 Å². The van der Waals surface area contributed by atoms with Crippen molar-refractivity contribution < 1.29 is 14.3 Å². The Hall–Kier alpha value is -3.16. The van der Waals surface area contributed by atoms with Gasteiger partial charge < -0.3 is 21.5 Å².